The van der Waals surface area contributed by atoms with Gasteiger partial charge in [-0.15, -0.1) is 0 Å². The van der Waals surface area contributed by atoms with Crippen molar-refractivity contribution in [1.29, 1.82) is 0 Å². The highest BCUT2D eigenvalue weighted by atomic mass is 19.1. The van der Waals surface area contributed by atoms with Gasteiger partial charge in [0.1, 0.15) is 0 Å². The van der Waals surface area contributed by atoms with E-state index in [1.54, 1.807) is 11.1 Å². The van der Waals surface area contributed by atoms with E-state index in [0.29, 0.717) is 26.3 Å². The van der Waals surface area contributed by atoms with E-state index in [1.807, 2.05) is 13.1 Å². The van der Waals surface area contributed by atoms with Crippen LogP contribution in [-0.2, 0) is 29.1 Å². The van der Waals surface area contributed by atoms with Crippen LogP contribution in [-0.4, -0.2) is 35.6 Å². The minimum Gasteiger partial charge on any atom is -0.377 e. The zero-order valence-corrected chi connectivity index (χ0v) is 11.2. The number of amides is 1. The first kappa shape index (κ1) is 13.9. The van der Waals surface area contributed by atoms with Crippen molar-refractivity contribution in [3.05, 3.63) is 29.1 Å². The van der Waals surface area contributed by atoms with E-state index < -0.39 is 6.67 Å². The quantitative estimate of drug-likeness (QED) is 0.817. The number of carbonyl (C=O) groups excluding carboxylic acids is 1. The average Bonchev–Trinajstić information content (AvgIpc) is 2.44. The first-order valence-corrected chi connectivity index (χ1v) is 6.62. The Labute approximate surface area is 112 Å². The number of halogens is 1. The minimum absolute atomic E-state index is 0.0264. The van der Waals surface area contributed by atoms with Gasteiger partial charge in [0.2, 0.25) is 5.91 Å². The molecule has 2 rings (SSSR count). The summed E-state index contributed by atoms with van der Waals surface area (Å²) in [6.07, 6.45) is 4.38. The number of carbonyl (C=O) groups is 1. The first-order chi connectivity index (χ1) is 9.26. The van der Waals surface area contributed by atoms with Gasteiger partial charge in [0.25, 0.3) is 0 Å². The molecular weight excluding hydrogens is 247 g/mol. The maximum atomic E-state index is 12.2. The molecule has 0 radical (unpaired) electrons. The van der Waals surface area contributed by atoms with Crippen molar-refractivity contribution in [2.45, 2.75) is 32.9 Å². The molecule has 1 amide bonds. The number of pyridine rings is 1. The Kier molecular flexibility index (Phi) is 4.85. The molecule has 1 aliphatic heterocycles. The highest BCUT2D eigenvalue weighted by molar-refractivity contribution is 5.76. The fraction of sp³-hybridized carbons (Fsp3) is 0.571. The summed E-state index contributed by atoms with van der Waals surface area (Å²) in [5, 5.41) is 0. The molecule has 0 fully saturated rings. The molecule has 1 aromatic heterocycles. The molecule has 0 N–H and O–H groups in total. The van der Waals surface area contributed by atoms with E-state index in [-0.39, 0.29) is 12.3 Å². The molecule has 0 saturated heterocycles. The predicted octanol–water partition coefficient (Wildman–Crippen LogP) is 1.86. The summed E-state index contributed by atoms with van der Waals surface area (Å²) in [4.78, 5) is 17.6. The lowest BCUT2D eigenvalue weighted by Gasteiger charge is -2.29. The normalized spacial score (nSPS) is 14.3. The Morgan fingerprint density at radius 1 is 1.53 bits per heavy atom. The highest BCUT2D eigenvalue weighted by Crippen LogP contribution is 2.22. The molecule has 0 aromatic carbocycles. The summed E-state index contributed by atoms with van der Waals surface area (Å²) in [6.45, 7) is 3.77. The van der Waals surface area contributed by atoms with E-state index >= 15 is 0 Å². The van der Waals surface area contributed by atoms with Gasteiger partial charge < -0.3 is 9.64 Å². The maximum Gasteiger partial charge on any atom is 0.225 e. The third-order valence-corrected chi connectivity index (χ3v) is 3.35. The monoisotopic (exact) mass is 266 g/mol. The van der Waals surface area contributed by atoms with Crippen LogP contribution in [0.4, 0.5) is 4.39 Å². The second-order valence-electron chi connectivity index (χ2n) is 4.58. The Morgan fingerprint density at radius 2 is 2.37 bits per heavy atom. The van der Waals surface area contributed by atoms with Crippen LogP contribution in [0.15, 0.2) is 12.4 Å². The summed E-state index contributed by atoms with van der Waals surface area (Å²) >= 11 is 0. The molecule has 0 spiro atoms. The van der Waals surface area contributed by atoms with Crippen LogP contribution >= 0.6 is 0 Å². The highest BCUT2D eigenvalue weighted by Gasteiger charge is 2.22. The van der Waals surface area contributed by atoms with Gasteiger partial charge in [-0.3, -0.25) is 14.2 Å². The van der Waals surface area contributed by atoms with Crippen molar-refractivity contribution in [2.75, 3.05) is 19.8 Å². The first-order valence-electron chi connectivity index (χ1n) is 6.62. The van der Waals surface area contributed by atoms with Crippen LogP contribution in [0.1, 0.15) is 30.0 Å². The average molecular weight is 266 g/mol. The zero-order chi connectivity index (χ0) is 13.7. The minimum atomic E-state index is -0.592. The fourth-order valence-electron chi connectivity index (χ4n) is 2.36. The van der Waals surface area contributed by atoms with Crippen molar-refractivity contribution in [3.8, 4) is 0 Å². The number of hydrogen-bond acceptors (Lipinski definition) is 3. The van der Waals surface area contributed by atoms with Crippen LogP contribution in [0, 0.1) is 0 Å². The van der Waals surface area contributed by atoms with Crippen molar-refractivity contribution in [1.82, 2.24) is 9.88 Å². The molecule has 0 aliphatic carbocycles. The predicted molar refractivity (Wildman–Crippen MR) is 69.3 cm³/mol. The largest absolute Gasteiger partial charge is 0.377 e. The number of hydrogen-bond donors (Lipinski definition) is 0. The van der Waals surface area contributed by atoms with E-state index in [1.165, 1.54) is 5.56 Å². The number of alkyl halides is 1. The van der Waals surface area contributed by atoms with E-state index in [2.05, 4.69) is 4.98 Å². The summed E-state index contributed by atoms with van der Waals surface area (Å²) < 4.78 is 17.6. The number of fused-ring (bicyclic) bond motifs is 1. The zero-order valence-electron chi connectivity index (χ0n) is 11.2. The third-order valence-electron chi connectivity index (χ3n) is 3.35. The maximum absolute atomic E-state index is 12.2. The van der Waals surface area contributed by atoms with Crippen LogP contribution in [0.2, 0.25) is 0 Å². The molecule has 104 valence electrons. The Morgan fingerprint density at radius 3 is 3.11 bits per heavy atom. The topological polar surface area (TPSA) is 42.4 Å². The number of aromatic nitrogens is 1. The molecule has 2 heterocycles. The Balaban J connectivity index is 2.11. The number of nitrogens with zero attached hydrogens (tertiary/aromatic N) is 2. The van der Waals surface area contributed by atoms with Gasteiger partial charge in [0.05, 0.1) is 19.7 Å². The van der Waals surface area contributed by atoms with E-state index in [0.717, 1.165) is 17.5 Å². The second kappa shape index (κ2) is 6.61. The molecule has 19 heavy (non-hydrogen) atoms. The van der Waals surface area contributed by atoms with Crippen molar-refractivity contribution in [3.63, 3.8) is 0 Å². The molecule has 1 aliphatic rings. The lowest BCUT2D eigenvalue weighted by atomic mass is 9.97. The standard InChI is InChI=1S/C14H19FN2O2/c1-2-19-10-12-8-16-7-11-9-17(6-4-13(11)12)14(18)3-5-15/h7-8H,2-6,9-10H2,1H3. The summed E-state index contributed by atoms with van der Waals surface area (Å²) in [5.41, 5.74) is 3.38. The van der Waals surface area contributed by atoms with Crippen LogP contribution in [0.3, 0.4) is 0 Å². The molecule has 0 atom stereocenters. The van der Waals surface area contributed by atoms with Gasteiger partial charge in [-0.1, -0.05) is 0 Å². The molecular formula is C14H19FN2O2. The summed E-state index contributed by atoms with van der Waals surface area (Å²) in [7, 11) is 0. The lowest BCUT2D eigenvalue weighted by molar-refractivity contribution is -0.132. The SMILES string of the molecule is CCOCc1cncc2c1CCN(C(=O)CCF)C2. The van der Waals surface area contributed by atoms with Crippen molar-refractivity contribution in [2.24, 2.45) is 0 Å². The van der Waals surface area contributed by atoms with Crippen LogP contribution in [0.5, 0.6) is 0 Å². The van der Waals surface area contributed by atoms with E-state index in [4.69, 9.17) is 4.74 Å². The molecule has 0 bridgehead atoms. The molecule has 1 aromatic rings. The molecule has 5 heteroatoms. The molecule has 0 saturated carbocycles. The Bertz CT molecular complexity index is 451. The van der Waals surface area contributed by atoms with Crippen molar-refractivity contribution < 1.29 is 13.9 Å². The van der Waals surface area contributed by atoms with Gasteiger partial charge in [0.15, 0.2) is 0 Å². The number of ether oxygens (including phenoxy) is 1. The van der Waals surface area contributed by atoms with Crippen LogP contribution < -0.4 is 0 Å². The third kappa shape index (κ3) is 3.29. The fourth-order valence-corrected chi connectivity index (χ4v) is 2.36. The van der Waals surface area contributed by atoms with Gasteiger partial charge in [-0.05, 0) is 30.0 Å². The van der Waals surface area contributed by atoms with E-state index in [9.17, 15) is 9.18 Å². The summed E-state index contributed by atoms with van der Waals surface area (Å²) in [5.74, 6) is -0.122. The van der Waals surface area contributed by atoms with Gasteiger partial charge in [0, 0.05) is 32.1 Å². The number of rotatable bonds is 5. The van der Waals surface area contributed by atoms with Gasteiger partial charge in [-0.25, -0.2) is 0 Å². The van der Waals surface area contributed by atoms with Crippen LogP contribution in [0.25, 0.3) is 0 Å². The lowest BCUT2D eigenvalue weighted by Crippen LogP contribution is -2.36. The second-order valence-corrected chi connectivity index (χ2v) is 4.58. The molecule has 0 unspecified atom stereocenters. The van der Waals surface area contributed by atoms with Gasteiger partial charge in [-0.2, -0.15) is 0 Å². The van der Waals surface area contributed by atoms with Gasteiger partial charge >= 0.3 is 0 Å². The Hall–Kier alpha value is -1.49. The molecule has 4 nitrogen and oxygen atoms in total. The smallest absolute Gasteiger partial charge is 0.225 e. The van der Waals surface area contributed by atoms with Crippen molar-refractivity contribution >= 4 is 5.91 Å². The summed E-state index contributed by atoms with van der Waals surface area (Å²) in [6, 6.07) is 0.